The van der Waals surface area contributed by atoms with E-state index in [2.05, 4.69) is 28.7 Å². The molecule has 37 heavy (non-hydrogen) atoms. The van der Waals surface area contributed by atoms with Gasteiger partial charge < -0.3 is 9.47 Å². The van der Waals surface area contributed by atoms with Crippen LogP contribution < -0.4 is 15.2 Å². The van der Waals surface area contributed by atoms with Gasteiger partial charge in [0.25, 0.3) is 0 Å². The minimum absolute atomic E-state index is 0.0319. The molecule has 3 aliphatic rings. The van der Waals surface area contributed by atoms with Crippen molar-refractivity contribution in [2.45, 2.75) is 57.6 Å². The highest BCUT2D eigenvalue weighted by atomic mass is 19.4. The molecule has 8 nitrogen and oxygen atoms in total. The second-order valence-corrected chi connectivity index (χ2v) is 10.4. The van der Waals surface area contributed by atoms with E-state index in [0.29, 0.717) is 30.0 Å². The Hall–Kier alpha value is -3.60. The maximum atomic E-state index is 13.5. The predicted molar refractivity (Wildman–Crippen MR) is 128 cm³/mol. The number of aromatic nitrogens is 3. The van der Waals surface area contributed by atoms with Crippen LogP contribution in [0.5, 0.6) is 5.75 Å². The first kappa shape index (κ1) is 23.8. The van der Waals surface area contributed by atoms with Crippen molar-refractivity contribution in [3.8, 4) is 28.1 Å². The zero-order chi connectivity index (χ0) is 26.3. The Morgan fingerprint density at radius 1 is 1.16 bits per heavy atom. The van der Waals surface area contributed by atoms with Crippen molar-refractivity contribution in [1.29, 1.82) is 0 Å². The van der Waals surface area contributed by atoms with Crippen molar-refractivity contribution in [2.24, 2.45) is 0 Å². The molecular weight excluding hydrogens is 489 g/mol. The van der Waals surface area contributed by atoms with Crippen LogP contribution in [-0.4, -0.2) is 45.4 Å². The van der Waals surface area contributed by atoms with E-state index in [-0.39, 0.29) is 40.3 Å². The average Bonchev–Trinajstić information content (AvgIpc) is 3.35. The molecule has 1 aromatic carbocycles. The third-order valence-electron chi connectivity index (χ3n) is 7.51. The van der Waals surface area contributed by atoms with Gasteiger partial charge in [-0.05, 0) is 51.3 Å². The molecule has 5 heterocycles. The zero-order valence-corrected chi connectivity index (χ0v) is 20.5. The second-order valence-electron chi connectivity index (χ2n) is 10.4. The van der Waals surface area contributed by atoms with Gasteiger partial charge in [0.1, 0.15) is 5.75 Å². The van der Waals surface area contributed by atoms with Gasteiger partial charge >= 0.3 is 6.36 Å². The maximum Gasteiger partial charge on any atom is 0.573 e. The summed E-state index contributed by atoms with van der Waals surface area (Å²) >= 11 is 0. The fourth-order valence-corrected chi connectivity index (χ4v) is 5.63. The number of alkyl halides is 3. The average molecular weight is 515 g/mol. The summed E-state index contributed by atoms with van der Waals surface area (Å²) in [5.41, 5.74) is 1.67. The first-order valence-corrected chi connectivity index (χ1v) is 12.1. The van der Waals surface area contributed by atoms with E-state index in [4.69, 9.17) is 4.74 Å². The molecule has 1 atom stereocenters. The second kappa shape index (κ2) is 7.95. The number of fused-ring (bicyclic) bond motifs is 6. The van der Waals surface area contributed by atoms with Gasteiger partial charge in [-0.1, -0.05) is 0 Å². The lowest BCUT2D eigenvalue weighted by Crippen LogP contribution is -2.50. The van der Waals surface area contributed by atoms with Crippen LogP contribution in [0.3, 0.4) is 0 Å². The van der Waals surface area contributed by atoms with Crippen molar-refractivity contribution in [1.82, 2.24) is 14.5 Å². The lowest BCUT2D eigenvalue weighted by atomic mass is 9.90. The molecule has 3 aliphatic heterocycles. The molecule has 194 valence electrons. The van der Waals surface area contributed by atoms with Crippen LogP contribution in [0.4, 0.5) is 13.2 Å². The molecule has 0 N–H and O–H groups in total. The van der Waals surface area contributed by atoms with Gasteiger partial charge in [0, 0.05) is 35.2 Å². The number of halogens is 3. The number of ether oxygens (including phenoxy) is 2. The maximum absolute atomic E-state index is 13.5. The van der Waals surface area contributed by atoms with Crippen LogP contribution in [0.1, 0.15) is 61.6 Å². The van der Waals surface area contributed by atoms with Crippen molar-refractivity contribution in [3.05, 3.63) is 58.1 Å². The van der Waals surface area contributed by atoms with Crippen LogP contribution in [-0.2, 0) is 4.74 Å². The van der Waals surface area contributed by atoms with Gasteiger partial charge in [-0.2, -0.15) is 5.10 Å². The first-order chi connectivity index (χ1) is 17.4. The molecule has 0 radical (unpaired) electrons. The smallest absolute Gasteiger partial charge is 0.405 e. The monoisotopic (exact) mass is 514 g/mol. The number of carbonyl (C=O) groups excluding carboxylic acids is 1. The van der Waals surface area contributed by atoms with Crippen molar-refractivity contribution in [3.63, 3.8) is 0 Å². The Bertz CT molecular complexity index is 1490. The molecule has 0 spiro atoms. The number of hydrogen-bond acceptors (Lipinski definition) is 6. The number of pyridine rings is 1. The summed E-state index contributed by atoms with van der Waals surface area (Å²) in [5, 5.41) is 6.45. The van der Waals surface area contributed by atoms with E-state index >= 15 is 0 Å². The fraction of sp³-hybridized carbons (Fsp3) is 0.423. The summed E-state index contributed by atoms with van der Waals surface area (Å²) in [6.45, 7) is 6.46. The van der Waals surface area contributed by atoms with Crippen LogP contribution >= 0.6 is 0 Å². The standard InChI is InChI=1S/C26H25F3N4O4/c1-14(34)20-11-32-22(8-23(20)35)19-7-24(37-26(27,28)29)17(15-9-30-31(10-15)16-12-36-13-16)6-18(19)21-4-5-25(2,3)33(21)32/h6-11,16,21H,4-5,12-13H2,1-3H3/t21-/m1/s1. The molecule has 2 saturated heterocycles. The molecule has 0 bridgehead atoms. The summed E-state index contributed by atoms with van der Waals surface area (Å²) in [4.78, 5) is 25.0. The Labute approximate surface area is 210 Å². The molecule has 2 fully saturated rings. The van der Waals surface area contributed by atoms with E-state index in [1.165, 1.54) is 31.5 Å². The minimum Gasteiger partial charge on any atom is -0.405 e. The van der Waals surface area contributed by atoms with E-state index in [1.807, 2.05) is 0 Å². The molecule has 11 heteroatoms. The quantitative estimate of drug-likeness (QED) is 0.473. The molecular formula is C26H25F3N4O4. The summed E-state index contributed by atoms with van der Waals surface area (Å²) < 4.78 is 53.7. The largest absolute Gasteiger partial charge is 0.573 e. The number of benzene rings is 1. The SMILES string of the molecule is CC(=O)c1cn2c(cc1=O)-c1cc(OC(F)(F)F)c(-c3cnn(C4COC4)c3)cc1[C@H]1CCC(C)(C)N12. The summed E-state index contributed by atoms with van der Waals surface area (Å²) in [7, 11) is 0. The van der Waals surface area contributed by atoms with Gasteiger partial charge in [0.05, 0.1) is 48.3 Å². The molecule has 6 rings (SSSR count). The third kappa shape index (κ3) is 3.83. The van der Waals surface area contributed by atoms with Gasteiger partial charge in [0.2, 0.25) is 0 Å². The highest BCUT2D eigenvalue weighted by Gasteiger charge is 2.45. The highest BCUT2D eigenvalue weighted by molar-refractivity contribution is 5.94. The summed E-state index contributed by atoms with van der Waals surface area (Å²) in [5.74, 6) is -0.749. The zero-order valence-electron chi connectivity index (χ0n) is 20.5. The Morgan fingerprint density at radius 2 is 1.92 bits per heavy atom. The number of Topliss-reactive ketones (excluding diaryl/α,β-unsaturated/α-hetero) is 1. The number of rotatable bonds is 4. The first-order valence-electron chi connectivity index (χ1n) is 12.1. The number of hydrogen-bond donors (Lipinski definition) is 0. The van der Waals surface area contributed by atoms with Crippen LogP contribution in [0.25, 0.3) is 22.4 Å². The van der Waals surface area contributed by atoms with Gasteiger partial charge in [-0.25, -0.2) is 0 Å². The van der Waals surface area contributed by atoms with E-state index in [9.17, 15) is 22.8 Å². The van der Waals surface area contributed by atoms with Crippen molar-refractivity contribution < 1.29 is 27.4 Å². The molecule has 2 aromatic heterocycles. The number of carbonyl (C=O) groups is 1. The van der Waals surface area contributed by atoms with E-state index in [1.54, 1.807) is 21.6 Å². The molecule has 0 aliphatic carbocycles. The molecule has 0 saturated carbocycles. The Balaban J connectivity index is 1.59. The van der Waals surface area contributed by atoms with Crippen LogP contribution in [0, 0.1) is 0 Å². The van der Waals surface area contributed by atoms with E-state index < -0.39 is 11.8 Å². The predicted octanol–water partition coefficient (Wildman–Crippen LogP) is 4.62. The fourth-order valence-electron chi connectivity index (χ4n) is 5.63. The van der Waals surface area contributed by atoms with Crippen molar-refractivity contribution in [2.75, 3.05) is 18.2 Å². The Morgan fingerprint density at radius 3 is 2.57 bits per heavy atom. The topological polar surface area (TPSA) is 78.6 Å². The Kier molecular flexibility index (Phi) is 5.11. The third-order valence-corrected chi connectivity index (χ3v) is 7.51. The van der Waals surface area contributed by atoms with E-state index in [0.717, 1.165) is 18.4 Å². The molecule has 3 aromatic rings. The normalized spacial score (nSPS) is 20.2. The van der Waals surface area contributed by atoms with Crippen molar-refractivity contribution >= 4 is 5.78 Å². The van der Waals surface area contributed by atoms with Crippen LogP contribution in [0.15, 0.2) is 41.6 Å². The number of nitrogens with zero attached hydrogens (tertiary/aromatic N) is 4. The molecule has 0 unspecified atom stereocenters. The lowest BCUT2D eigenvalue weighted by molar-refractivity contribution is -0.274. The van der Waals surface area contributed by atoms with Crippen LogP contribution in [0.2, 0.25) is 0 Å². The summed E-state index contributed by atoms with van der Waals surface area (Å²) in [6, 6.07) is 4.27. The van der Waals surface area contributed by atoms with Gasteiger partial charge in [-0.3, -0.25) is 24.0 Å². The molecule has 0 amide bonds. The van der Waals surface area contributed by atoms with Gasteiger partial charge in [0.15, 0.2) is 11.2 Å². The number of ketones is 1. The minimum atomic E-state index is -4.92. The summed E-state index contributed by atoms with van der Waals surface area (Å²) in [6.07, 6.45) is 1.38. The van der Waals surface area contributed by atoms with Gasteiger partial charge in [-0.15, -0.1) is 13.2 Å². The lowest BCUT2D eigenvalue weighted by Gasteiger charge is -2.44. The highest BCUT2D eigenvalue weighted by Crippen LogP contribution is 2.51.